The van der Waals surface area contributed by atoms with Gasteiger partial charge in [-0.2, -0.15) is 13.2 Å². The maximum atomic E-state index is 13.0. The molecule has 2 heterocycles. The van der Waals surface area contributed by atoms with Crippen LogP contribution in [0, 0.1) is 0 Å². The Hall–Kier alpha value is -2.79. The summed E-state index contributed by atoms with van der Waals surface area (Å²) in [6, 6.07) is 6.02. The lowest BCUT2D eigenvalue weighted by atomic mass is 10.2. The molecule has 0 spiro atoms. The van der Waals surface area contributed by atoms with Gasteiger partial charge in [0, 0.05) is 17.6 Å². The SMILES string of the molecule is CN(C)CCOc1ccc2c(c1)S/C(=C(/C(N)=O)c1nccc(C(F)(F)F)n1)N2. The van der Waals surface area contributed by atoms with Crippen molar-refractivity contribution < 1.29 is 22.7 Å². The van der Waals surface area contributed by atoms with E-state index in [2.05, 4.69) is 15.3 Å². The van der Waals surface area contributed by atoms with Crippen molar-refractivity contribution in [3.8, 4) is 5.75 Å². The second-order valence-electron chi connectivity index (χ2n) is 6.37. The summed E-state index contributed by atoms with van der Waals surface area (Å²) < 4.78 is 44.6. The highest BCUT2D eigenvalue weighted by Gasteiger charge is 2.34. The summed E-state index contributed by atoms with van der Waals surface area (Å²) in [5, 5.41) is 3.25. The van der Waals surface area contributed by atoms with Crippen LogP contribution < -0.4 is 15.8 Å². The number of thioether (sulfide) groups is 1. The van der Waals surface area contributed by atoms with E-state index in [1.165, 1.54) is 0 Å². The van der Waals surface area contributed by atoms with Crippen LogP contribution in [0.4, 0.5) is 18.9 Å². The number of nitrogens with two attached hydrogens (primary N) is 1. The number of likely N-dealkylation sites (N-methyl/N-ethyl adjacent to an activating group) is 1. The van der Waals surface area contributed by atoms with Gasteiger partial charge in [0.2, 0.25) is 0 Å². The number of amides is 1. The third-order valence-electron chi connectivity index (χ3n) is 3.86. The minimum atomic E-state index is -4.66. The highest BCUT2D eigenvalue weighted by molar-refractivity contribution is 8.04. The summed E-state index contributed by atoms with van der Waals surface area (Å²) in [4.78, 5) is 22.0. The van der Waals surface area contributed by atoms with Crippen molar-refractivity contribution in [1.82, 2.24) is 14.9 Å². The molecule has 2 aromatic rings. The smallest absolute Gasteiger partial charge is 0.433 e. The van der Waals surface area contributed by atoms with Gasteiger partial charge in [0.05, 0.1) is 10.7 Å². The van der Waals surface area contributed by atoms with Crippen LogP contribution in [0.15, 0.2) is 40.4 Å². The first kappa shape index (κ1) is 20.9. The molecule has 154 valence electrons. The lowest BCUT2D eigenvalue weighted by Gasteiger charge is -2.11. The first-order valence-electron chi connectivity index (χ1n) is 8.46. The van der Waals surface area contributed by atoms with Gasteiger partial charge in [0.15, 0.2) is 5.82 Å². The van der Waals surface area contributed by atoms with E-state index in [1.54, 1.807) is 18.2 Å². The maximum absolute atomic E-state index is 13.0. The van der Waals surface area contributed by atoms with Crippen molar-refractivity contribution in [3.05, 3.63) is 47.0 Å². The normalized spacial score (nSPS) is 15.1. The van der Waals surface area contributed by atoms with Gasteiger partial charge in [-0.1, -0.05) is 11.8 Å². The second kappa shape index (κ2) is 8.29. The summed E-state index contributed by atoms with van der Waals surface area (Å²) >= 11 is 1.15. The van der Waals surface area contributed by atoms with Crippen LogP contribution in [0.5, 0.6) is 5.75 Å². The average molecular weight is 425 g/mol. The number of nitrogens with zero attached hydrogens (tertiary/aromatic N) is 3. The molecule has 0 radical (unpaired) electrons. The van der Waals surface area contributed by atoms with Crippen LogP contribution in [0.25, 0.3) is 5.57 Å². The summed E-state index contributed by atoms with van der Waals surface area (Å²) in [6.07, 6.45) is -3.72. The maximum Gasteiger partial charge on any atom is 0.433 e. The van der Waals surface area contributed by atoms with Gasteiger partial charge in [-0.25, -0.2) is 9.97 Å². The number of aromatic nitrogens is 2. The van der Waals surface area contributed by atoms with E-state index in [4.69, 9.17) is 10.5 Å². The van der Waals surface area contributed by atoms with Gasteiger partial charge in [0.1, 0.15) is 23.6 Å². The summed E-state index contributed by atoms with van der Waals surface area (Å²) in [7, 11) is 3.87. The number of carbonyl (C=O) groups excluding carboxylic acids is 1. The number of hydrogen-bond donors (Lipinski definition) is 2. The van der Waals surface area contributed by atoms with Gasteiger partial charge >= 0.3 is 6.18 Å². The lowest BCUT2D eigenvalue weighted by molar-refractivity contribution is -0.141. The third-order valence-corrected chi connectivity index (χ3v) is 4.93. The van der Waals surface area contributed by atoms with E-state index in [0.717, 1.165) is 35.5 Å². The van der Waals surface area contributed by atoms with Crippen LogP contribution in [0.1, 0.15) is 11.5 Å². The van der Waals surface area contributed by atoms with Crippen LogP contribution in [0.3, 0.4) is 0 Å². The molecule has 7 nitrogen and oxygen atoms in total. The first-order chi connectivity index (χ1) is 13.6. The molecular formula is C18H18F3N5O2S. The van der Waals surface area contributed by atoms with E-state index in [9.17, 15) is 18.0 Å². The molecule has 0 saturated carbocycles. The molecule has 1 aliphatic heterocycles. The molecular weight excluding hydrogens is 407 g/mol. The second-order valence-corrected chi connectivity index (χ2v) is 7.42. The van der Waals surface area contributed by atoms with Crippen molar-refractivity contribution in [3.63, 3.8) is 0 Å². The van der Waals surface area contributed by atoms with E-state index in [1.807, 2.05) is 19.0 Å². The van der Waals surface area contributed by atoms with Gasteiger partial charge in [0.25, 0.3) is 5.91 Å². The van der Waals surface area contributed by atoms with Crippen LogP contribution in [-0.2, 0) is 11.0 Å². The fraction of sp³-hybridized carbons (Fsp3) is 0.278. The predicted molar refractivity (Wildman–Crippen MR) is 103 cm³/mol. The zero-order valence-electron chi connectivity index (χ0n) is 15.6. The highest BCUT2D eigenvalue weighted by atomic mass is 32.2. The van der Waals surface area contributed by atoms with Crippen molar-refractivity contribution >= 4 is 28.9 Å². The molecule has 0 unspecified atom stereocenters. The fourth-order valence-electron chi connectivity index (χ4n) is 2.46. The van der Waals surface area contributed by atoms with E-state index >= 15 is 0 Å². The number of anilines is 1. The number of halogens is 3. The van der Waals surface area contributed by atoms with Gasteiger partial charge < -0.3 is 20.7 Å². The number of nitrogens with one attached hydrogen (secondary N) is 1. The number of primary amides is 1. The highest BCUT2D eigenvalue weighted by Crippen LogP contribution is 2.45. The predicted octanol–water partition coefficient (Wildman–Crippen LogP) is 2.81. The number of rotatable bonds is 6. The molecule has 3 N–H and O–H groups in total. The van der Waals surface area contributed by atoms with Crippen molar-refractivity contribution in [2.75, 3.05) is 32.6 Å². The van der Waals surface area contributed by atoms with E-state index in [-0.39, 0.29) is 10.6 Å². The van der Waals surface area contributed by atoms with Gasteiger partial charge in [-0.05, 0) is 38.4 Å². The minimum Gasteiger partial charge on any atom is -0.492 e. The molecule has 0 aliphatic carbocycles. The molecule has 1 aromatic carbocycles. The number of alkyl halides is 3. The van der Waals surface area contributed by atoms with Crippen molar-refractivity contribution in [1.29, 1.82) is 0 Å². The van der Waals surface area contributed by atoms with Crippen LogP contribution in [0.2, 0.25) is 0 Å². The number of fused-ring (bicyclic) bond motifs is 1. The van der Waals surface area contributed by atoms with Crippen molar-refractivity contribution in [2.24, 2.45) is 5.73 Å². The molecule has 1 aromatic heterocycles. The Bertz CT molecular complexity index is 963. The van der Waals surface area contributed by atoms with Crippen molar-refractivity contribution in [2.45, 2.75) is 11.1 Å². The molecule has 0 fully saturated rings. The quantitative estimate of drug-likeness (QED) is 0.688. The Balaban J connectivity index is 1.89. The number of hydrogen-bond acceptors (Lipinski definition) is 7. The zero-order chi connectivity index (χ0) is 21.2. The monoisotopic (exact) mass is 425 g/mol. The molecule has 0 atom stereocenters. The number of benzene rings is 1. The molecule has 3 rings (SSSR count). The van der Waals surface area contributed by atoms with Gasteiger partial charge in [-0.15, -0.1) is 0 Å². The fourth-order valence-corrected chi connectivity index (χ4v) is 3.54. The molecule has 0 saturated heterocycles. The molecule has 1 amide bonds. The van der Waals surface area contributed by atoms with Crippen LogP contribution >= 0.6 is 11.8 Å². The molecule has 1 aliphatic rings. The Morgan fingerprint density at radius 2 is 2.07 bits per heavy atom. The summed E-state index contributed by atoms with van der Waals surface area (Å²) in [5.74, 6) is -0.690. The Labute approximate surface area is 169 Å². The van der Waals surface area contributed by atoms with E-state index in [0.29, 0.717) is 18.0 Å². The average Bonchev–Trinajstić information content (AvgIpc) is 3.03. The summed E-state index contributed by atoms with van der Waals surface area (Å²) in [6.45, 7) is 1.24. The largest absolute Gasteiger partial charge is 0.492 e. The number of ether oxygens (including phenoxy) is 1. The Morgan fingerprint density at radius 1 is 1.31 bits per heavy atom. The first-order valence-corrected chi connectivity index (χ1v) is 9.28. The standard InChI is InChI=1S/C18H18F3N5O2S/c1-26(2)7-8-28-10-3-4-11-12(9-10)29-17(24-11)14(15(22)27)16-23-6-5-13(25-16)18(19,20)21/h3-6,9,24H,7-8H2,1-2H3,(H2,22,27)/b17-14-. The third kappa shape index (κ3) is 4.98. The minimum absolute atomic E-state index is 0.215. The van der Waals surface area contributed by atoms with Crippen LogP contribution in [-0.4, -0.2) is 48.0 Å². The molecule has 11 heteroatoms. The van der Waals surface area contributed by atoms with E-state index < -0.39 is 23.6 Å². The molecule has 0 bridgehead atoms. The lowest BCUT2D eigenvalue weighted by Crippen LogP contribution is -2.19. The zero-order valence-corrected chi connectivity index (χ0v) is 16.4. The Morgan fingerprint density at radius 3 is 2.72 bits per heavy atom. The summed E-state index contributed by atoms with van der Waals surface area (Å²) in [5.41, 5.74) is 4.73. The Kier molecular flexibility index (Phi) is 5.99. The molecule has 29 heavy (non-hydrogen) atoms. The topological polar surface area (TPSA) is 93.4 Å². The number of carbonyl (C=O) groups is 1. The van der Waals surface area contributed by atoms with Gasteiger partial charge in [-0.3, -0.25) is 4.79 Å².